The fraction of sp³-hybridized carbons (Fsp3) is 0.462. The Kier molecular flexibility index (Phi) is 10.0. The first kappa shape index (κ1) is 18.5. The summed E-state index contributed by atoms with van der Waals surface area (Å²) in [6.45, 7) is 3.78. The molecule has 6 heteroatoms. The molecule has 0 atom stereocenters. The molecule has 0 unspecified atom stereocenters. The van der Waals surface area contributed by atoms with Crippen molar-refractivity contribution in [2.75, 3.05) is 20.7 Å². The number of ether oxygens (including phenoxy) is 1. The average molecular weight is 442 g/mol. The quantitative estimate of drug-likeness (QED) is 0.419. The number of nitrogens with zero attached hydrogens (tertiary/aromatic N) is 1. The first-order valence-corrected chi connectivity index (χ1v) is 6.77. The van der Waals surface area contributed by atoms with Gasteiger partial charge in [-0.3, -0.25) is 4.99 Å². The Bertz CT molecular complexity index is 413. The SMILES string of the molecule is CCCNC(=NC)NCc1ccc(OC)c(Br)c1.I. The second-order valence-corrected chi connectivity index (χ2v) is 4.68. The molecule has 0 spiro atoms. The molecule has 1 rings (SSSR count). The molecule has 0 heterocycles. The van der Waals surface area contributed by atoms with Crippen molar-refractivity contribution in [2.24, 2.45) is 4.99 Å². The number of guanidine groups is 1. The fourth-order valence-corrected chi connectivity index (χ4v) is 2.06. The van der Waals surface area contributed by atoms with Gasteiger partial charge in [-0.1, -0.05) is 13.0 Å². The van der Waals surface area contributed by atoms with Gasteiger partial charge in [-0.25, -0.2) is 0 Å². The molecular weight excluding hydrogens is 421 g/mol. The topological polar surface area (TPSA) is 45.7 Å². The van der Waals surface area contributed by atoms with Crippen LogP contribution in [0.3, 0.4) is 0 Å². The summed E-state index contributed by atoms with van der Waals surface area (Å²) in [6.07, 6.45) is 1.08. The number of methoxy groups -OCH3 is 1. The Morgan fingerprint density at radius 2 is 2.11 bits per heavy atom. The van der Waals surface area contributed by atoms with E-state index in [1.165, 1.54) is 5.56 Å². The molecule has 2 N–H and O–H groups in total. The molecule has 0 amide bonds. The monoisotopic (exact) mass is 441 g/mol. The van der Waals surface area contributed by atoms with Gasteiger partial charge in [0.25, 0.3) is 0 Å². The van der Waals surface area contributed by atoms with Crippen molar-refractivity contribution in [1.29, 1.82) is 0 Å². The minimum atomic E-state index is 0. The molecule has 108 valence electrons. The van der Waals surface area contributed by atoms with E-state index in [-0.39, 0.29) is 24.0 Å². The molecule has 1 aromatic carbocycles. The maximum absolute atomic E-state index is 5.20. The molecule has 0 aromatic heterocycles. The standard InChI is InChI=1S/C13H20BrN3O.HI/c1-4-7-16-13(15-2)17-9-10-5-6-12(18-3)11(14)8-10;/h5-6,8H,4,7,9H2,1-3H3,(H2,15,16,17);1H. The lowest BCUT2D eigenvalue weighted by Crippen LogP contribution is -2.37. The maximum atomic E-state index is 5.20. The summed E-state index contributed by atoms with van der Waals surface area (Å²) in [5.41, 5.74) is 1.17. The van der Waals surface area contributed by atoms with Crippen LogP contribution in [-0.4, -0.2) is 26.7 Å². The summed E-state index contributed by atoms with van der Waals surface area (Å²) >= 11 is 3.47. The van der Waals surface area contributed by atoms with Crippen molar-refractivity contribution >= 4 is 45.9 Å². The van der Waals surface area contributed by atoms with Gasteiger partial charge < -0.3 is 15.4 Å². The first-order valence-electron chi connectivity index (χ1n) is 5.98. The van der Waals surface area contributed by atoms with Crippen LogP contribution in [0.5, 0.6) is 5.75 Å². The van der Waals surface area contributed by atoms with Crippen LogP contribution in [0.25, 0.3) is 0 Å². The highest BCUT2D eigenvalue weighted by Crippen LogP contribution is 2.25. The van der Waals surface area contributed by atoms with E-state index in [0.717, 1.165) is 35.7 Å². The highest BCUT2D eigenvalue weighted by atomic mass is 127. The highest BCUT2D eigenvalue weighted by Gasteiger charge is 2.02. The minimum absolute atomic E-state index is 0. The Morgan fingerprint density at radius 3 is 2.63 bits per heavy atom. The van der Waals surface area contributed by atoms with E-state index in [0.29, 0.717) is 0 Å². The summed E-state index contributed by atoms with van der Waals surface area (Å²) in [7, 11) is 3.43. The minimum Gasteiger partial charge on any atom is -0.496 e. The lowest BCUT2D eigenvalue weighted by molar-refractivity contribution is 0.412. The predicted octanol–water partition coefficient (Wildman–Crippen LogP) is 3.15. The summed E-state index contributed by atoms with van der Waals surface area (Å²) in [4.78, 5) is 4.15. The summed E-state index contributed by atoms with van der Waals surface area (Å²) in [6, 6.07) is 6.02. The first-order chi connectivity index (χ1) is 8.71. The second-order valence-electron chi connectivity index (χ2n) is 3.82. The van der Waals surface area contributed by atoms with E-state index < -0.39 is 0 Å². The predicted molar refractivity (Wildman–Crippen MR) is 94.6 cm³/mol. The summed E-state index contributed by atoms with van der Waals surface area (Å²) in [5, 5.41) is 6.49. The second kappa shape index (κ2) is 10.3. The number of hydrogen-bond acceptors (Lipinski definition) is 2. The van der Waals surface area contributed by atoms with Gasteiger partial charge in [-0.05, 0) is 40.0 Å². The molecule has 0 bridgehead atoms. The van der Waals surface area contributed by atoms with Crippen LogP contribution in [0.2, 0.25) is 0 Å². The van der Waals surface area contributed by atoms with Gasteiger partial charge in [0.05, 0.1) is 11.6 Å². The Balaban J connectivity index is 0.00000324. The average Bonchev–Trinajstić information content (AvgIpc) is 2.39. The third kappa shape index (κ3) is 6.47. The molecule has 0 fully saturated rings. The third-order valence-corrected chi connectivity index (χ3v) is 3.06. The van der Waals surface area contributed by atoms with Crippen molar-refractivity contribution in [3.05, 3.63) is 28.2 Å². The summed E-state index contributed by atoms with van der Waals surface area (Å²) in [5.74, 6) is 1.66. The highest BCUT2D eigenvalue weighted by molar-refractivity contribution is 14.0. The van der Waals surface area contributed by atoms with Gasteiger partial charge >= 0.3 is 0 Å². The molecule has 0 saturated carbocycles. The molecule has 4 nitrogen and oxygen atoms in total. The van der Waals surface area contributed by atoms with Gasteiger partial charge in [0.15, 0.2) is 5.96 Å². The van der Waals surface area contributed by atoms with Crippen LogP contribution in [0, 0.1) is 0 Å². The van der Waals surface area contributed by atoms with Crippen LogP contribution in [-0.2, 0) is 6.54 Å². The van der Waals surface area contributed by atoms with Gasteiger partial charge in [0, 0.05) is 20.1 Å². The van der Waals surface area contributed by atoms with E-state index in [9.17, 15) is 0 Å². The molecule has 0 radical (unpaired) electrons. The maximum Gasteiger partial charge on any atom is 0.191 e. The number of aliphatic imine (C=N–C) groups is 1. The zero-order valence-electron chi connectivity index (χ0n) is 11.5. The van der Waals surface area contributed by atoms with Crippen LogP contribution in [0.4, 0.5) is 0 Å². The van der Waals surface area contributed by atoms with Crippen LogP contribution in [0.15, 0.2) is 27.7 Å². The van der Waals surface area contributed by atoms with Crippen LogP contribution < -0.4 is 15.4 Å². The smallest absolute Gasteiger partial charge is 0.191 e. The number of hydrogen-bond donors (Lipinski definition) is 2. The Hall–Kier alpha value is -0.500. The van der Waals surface area contributed by atoms with Crippen molar-refractivity contribution < 1.29 is 4.74 Å². The van der Waals surface area contributed by atoms with E-state index in [1.54, 1.807) is 14.2 Å². The molecule has 0 saturated heterocycles. The number of nitrogens with one attached hydrogen (secondary N) is 2. The van der Waals surface area contributed by atoms with Gasteiger partial charge in [0.2, 0.25) is 0 Å². The normalized spacial score (nSPS) is 10.6. The molecule has 0 aliphatic rings. The zero-order valence-corrected chi connectivity index (χ0v) is 15.4. The lowest BCUT2D eigenvalue weighted by atomic mass is 10.2. The number of benzene rings is 1. The Labute approximate surface area is 140 Å². The van der Waals surface area contributed by atoms with Crippen molar-refractivity contribution in [1.82, 2.24) is 10.6 Å². The fourth-order valence-electron chi connectivity index (χ4n) is 1.47. The number of rotatable bonds is 5. The van der Waals surface area contributed by atoms with E-state index >= 15 is 0 Å². The van der Waals surface area contributed by atoms with Gasteiger partial charge in [0.1, 0.15) is 5.75 Å². The summed E-state index contributed by atoms with van der Waals surface area (Å²) < 4.78 is 6.16. The number of halogens is 2. The van der Waals surface area contributed by atoms with E-state index in [1.807, 2.05) is 18.2 Å². The molecule has 19 heavy (non-hydrogen) atoms. The van der Waals surface area contributed by atoms with Crippen molar-refractivity contribution in [3.63, 3.8) is 0 Å². The van der Waals surface area contributed by atoms with Crippen LogP contribution >= 0.6 is 39.9 Å². The molecular formula is C13H21BrIN3O. The zero-order chi connectivity index (χ0) is 13.4. The Morgan fingerprint density at radius 1 is 1.37 bits per heavy atom. The van der Waals surface area contributed by atoms with Gasteiger partial charge in [-0.2, -0.15) is 0 Å². The molecule has 1 aromatic rings. The van der Waals surface area contributed by atoms with Crippen molar-refractivity contribution in [2.45, 2.75) is 19.9 Å². The molecule has 0 aliphatic carbocycles. The lowest BCUT2D eigenvalue weighted by Gasteiger charge is -2.12. The van der Waals surface area contributed by atoms with E-state index in [2.05, 4.69) is 38.5 Å². The molecule has 0 aliphatic heterocycles. The van der Waals surface area contributed by atoms with Crippen LogP contribution in [0.1, 0.15) is 18.9 Å². The largest absolute Gasteiger partial charge is 0.496 e. The third-order valence-electron chi connectivity index (χ3n) is 2.44. The van der Waals surface area contributed by atoms with E-state index in [4.69, 9.17) is 4.74 Å². The van der Waals surface area contributed by atoms with Crippen molar-refractivity contribution in [3.8, 4) is 5.75 Å². The van der Waals surface area contributed by atoms with Gasteiger partial charge in [-0.15, -0.1) is 24.0 Å².